The second-order valence-corrected chi connectivity index (χ2v) is 4.02. The molecule has 3 heteroatoms. The fourth-order valence-electron chi connectivity index (χ4n) is 1.91. The van der Waals surface area contributed by atoms with Gasteiger partial charge in [0.05, 0.1) is 18.6 Å². The number of hydrogen-bond acceptors (Lipinski definition) is 2. The minimum atomic E-state index is -0.513. The maximum atomic E-state index is 11.6. The molecule has 1 aliphatic heterocycles. The maximum Gasteiger partial charge on any atom is 0.225 e. The summed E-state index contributed by atoms with van der Waals surface area (Å²) in [6.45, 7) is 2.48. The number of aliphatic hydroxyl groups is 1. The zero-order chi connectivity index (χ0) is 10.8. The molecule has 0 bridgehead atoms. The molecule has 2 rings (SSSR count). The van der Waals surface area contributed by atoms with Crippen molar-refractivity contribution < 1.29 is 9.90 Å². The van der Waals surface area contributed by atoms with E-state index < -0.39 is 6.10 Å². The Morgan fingerprint density at radius 1 is 1.40 bits per heavy atom. The van der Waals surface area contributed by atoms with Crippen molar-refractivity contribution in [2.45, 2.75) is 32.0 Å². The molecule has 0 saturated carbocycles. The van der Waals surface area contributed by atoms with Crippen LogP contribution in [0, 0.1) is 0 Å². The lowest BCUT2D eigenvalue weighted by Crippen LogP contribution is -2.33. The minimum Gasteiger partial charge on any atom is -0.390 e. The molecule has 1 aromatic rings. The Morgan fingerprint density at radius 2 is 2.07 bits per heavy atom. The number of hydrogen-bond donors (Lipinski definition) is 1. The first-order chi connectivity index (χ1) is 7.18. The van der Waals surface area contributed by atoms with Gasteiger partial charge in [-0.05, 0) is 12.5 Å². The molecule has 0 spiro atoms. The van der Waals surface area contributed by atoms with Crippen LogP contribution >= 0.6 is 0 Å². The van der Waals surface area contributed by atoms with Crippen LogP contribution in [0.15, 0.2) is 30.3 Å². The number of carbonyl (C=O) groups is 1. The fraction of sp³-hybridized carbons (Fsp3) is 0.417. The molecule has 3 nitrogen and oxygen atoms in total. The van der Waals surface area contributed by atoms with Crippen molar-refractivity contribution in [3.05, 3.63) is 35.9 Å². The van der Waals surface area contributed by atoms with Crippen LogP contribution in [0.1, 0.15) is 18.9 Å². The largest absolute Gasteiger partial charge is 0.390 e. The van der Waals surface area contributed by atoms with Gasteiger partial charge in [-0.25, -0.2) is 0 Å². The van der Waals surface area contributed by atoms with Crippen LogP contribution in [-0.4, -0.2) is 28.1 Å². The highest BCUT2D eigenvalue weighted by Crippen LogP contribution is 2.21. The Kier molecular flexibility index (Phi) is 2.73. The van der Waals surface area contributed by atoms with Crippen molar-refractivity contribution in [3.63, 3.8) is 0 Å². The predicted molar refractivity (Wildman–Crippen MR) is 57.1 cm³/mol. The Balaban J connectivity index is 2.09. The predicted octanol–water partition coefficient (Wildman–Crippen LogP) is 1.17. The maximum absolute atomic E-state index is 11.6. The van der Waals surface area contributed by atoms with Gasteiger partial charge in [-0.3, -0.25) is 4.79 Å². The highest BCUT2D eigenvalue weighted by Gasteiger charge is 2.35. The topological polar surface area (TPSA) is 40.5 Å². The summed E-state index contributed by atoms with van der Waals surface area (Å²) in [5, 5.41) is 9.55. The molecule has 1 heterocycles. The molecule has 0 radical (unpaired) electrons. The Morgan fingerprint density at radius 3 is 2.60 bits per heavy atom. The van der Waals surface area contributed by atoms with Gasteiger partial charge in [-0.15, -0.1) is 0 Å². The van der Waals surface area contributed by atoms with E-state index in [-0.39, 0.29) is 18.4 Å². The molecular weight excluding hydrogens is 190 g/mol. The summed E-state index contributed by atoms with van der Waals surface area (Å²) in [7, 11) is 0. The summed E-state index contributed by atoms with van der Waals surface area (Å²) in [5.41, 5.74) is 1.10. The van der Waals surface area contributed by atoms with Crippen LogP contribution in [-0.2, 0) is 11.3 Å². The molecule has 1 aromatic carbocycles. The molecule has 0 aromatic heterocycles. The van der Waals surface area contributed by atoms with Gasteiger partial charge in [0, 0.05) is 6.54 Å². The lowest BCUT2D eigenvalue weighted by atomic mass is 10.2. The van der Waals surface area contributed by atoms with E-state index >= 15 is 0 Å². The quantitative estimate of drug-likeness (QED) is 0.787. The number of rotatable bonds is 2. The van der Waals surface area contributed by atoms with Crippen LogP contribution in [0.5, 0.6) is 0 Å². The molecule has 80 valence electrons. The van der Waals surface area contributed by atoms with Gasteiger partial charge in [-0.1, -0.05) is 30.3 Å². The van der Waals surface area contributed by atoms with Crippen LogP contribution in [0.3, 0.4) is 0 Å². The van der Waals surface area contributed by atoms with Crippen molar-refractivity contribution in [3.8, 4) is 0 Å². The fourth-order valence-corrected chi connectivity index (χ4v) is 1.91. The first kappa shape index (κ1) is 10.2. The highest BCUT2D eigenvalue weighted by atomic mass is 16.3. The summed E-state index contributed by atoms with van der Waals surface area (Å²) in [6.07, 6.45) is -0.255. The van der Waals surface area contributed by atoms with Crippen LogP contribution in [0.2, 0.25) is 0 Å². The van der Waals surface area contributed by atoms with E-state index in [1.54, 1.807) is 4.90 Å². The van der Waals surface area contributed by atoms with Crippen molar-refractivity contribution in [2.24, 2.45) is 0 Å². The Labute approximate surface area is 89.3 Å². The number of likely N-dealkylation sites (tertiary alicyclic amines) is 1. The van der Waals surface area contributed by atoms with Crippen molar-refractivity contribution in [1.82, 2.24) is 4.90 Å². The minimum absolute atomic E-state index is 0.0406. The highest BCUT2D eigenvalue weighted by molar-refractivity contribution is 5.79. The SMILES string of the molecule is CC1C(O)CC(=O)N1Cc1ccccc1. The number of benzene rings is 1. The molecule has 15 heavy (non-hydrogen) atoms. The van der Waals surface area contributed by atoms with Gasteiger partial charge >= 0.3 is 0 Å². The van der Waals surface area contributed by atoms with Crippen LogP contribution in [0.4, 0.5) is 0 Å². The van der Waals surface area contributed by atoms with Gasteiger partial charge in [0.15, 0.2) is 0 Å². The number of amides is 1. The number of aliphatic hydroxyl groups excluding tert-OH is 1. The summed E-state index contributed by atoms with van der Waals surface area (Å²) in [5.74, 6) is 0.0406. The van der Waals surface area contributed by atoms with Gasteiger partial charge in [0.2, 0.25) is 5.91 Å². The first-order valence-electron chi connectivity index (χ1n) is 5.20. The van der Waals surface area contributed by atoms with Crippen LogP contribution in [0.25, 0.3) is 0 Å². The summed E-state index contributed by atoms with van der Waals surface area (Å²) in [6, 6.07) is 9.77. The average molecular weight is 205 g/mol. The van der Waals surface area contributed by atoms with Crippen molar-refractivity contribution >= 4 is 5.91 Å². The average Bonchev–Trinajstić information content (AvgIpc) is 2.47. The van der Waals surface area contributed by atoms with Crippen molar-refractivity contribution in [1.29, 1.82) is 0 Å². The molecule has 1 fully saturated rings. The smallest absolute Gasteiger partial charge is 0.225 e. The van der Waals surface area contributed by atoms with Gasteiger partial charge < -0.3 is 10.0 Å². The van der Waals surface area contributed by atoms with Crippen LogP contribution < -0.4 is 0 Å². The van der Waals surface area contributed by atoms with Gasteiger partial charge in [0.1, 0.15) is 0 Å². The third-order valence-corrected chi connectivity index (χ3v) is 2.95. The summed E-state index contributed by atoms with van der Waals surface area (Å²) >= 11 is 0. The van der Waals surface area contributed by atoms with Crippen molar-refractivity contribution in [2.75, 3.05) is 0 Å². The Bertz CT molecular complexity index is 350. The molecule has 2 atom stereocenters. The third kappa shape index (κ3) is 2.02. The zero-order valence-electron chi connectivity index (χ0n) is 8.76. The summed E-state index contributed by atoms with van der Waals surface area (Å²) < 4.78 is 0. The van der Waals surface area contributed by atoms with E-state index in [0.29, 0.717) is 6.54 Å². The molecule has 1 saturated heterocycles. The Hall–Kier alpha value is -1.35. The van der Waals surface area contributed by atoms with E-state index in [2.05, 4.69) is 0 Å². The zero-order valence-corrected chi connectivity index (χ0v) is 8.76. The van der Waals surface area contributed by atoms with E-state index in [9.17, 15) is 9.90 Å². The second-order valence-electron chi connectivity index (χ2n) is 4.02. The van der Waals surface area contributed by atoms with E-state index in [1.165, 1.54) is 0 Å². The first-order valence-corrected chi connectivity index (χ1v) is 5.20. The van der Waals surface area contributed by atoms with E-state index in [0.717, 1.165) is 5.56 Å². The lowest BCUT2D eigenvalue weighted by Gasteiger charge is -2.22. The number of nitrogens with zero attached hydrogens (tertiary/aromatic N) is 1. The standard InChI is InChI=1S/C12H15NO2/c1-9-11(14)7-12(15)13(9)8-10-5-3-2-4-6-10/h2-6,9,11,14H,7-8H2,1H3. The van der Waals surface area contributed by atoms with Gasteiger partial charge in [-0.2, -0.15) is 0 Å². The monoisotopic (exact) mass is 205 g/mol. The number of carbonyl (C=O) groups excluding carboxylic acids is 1. The molecule has 2 unspecified atom stereocenters. The lowest BCUT2D eigenvalue weighted by molar-refractivity contribution is -0.129. The van der Waals surface area contributed by atoms with E-state index in [4.69, 9.17) is 0 Å². The molecule has 0 aliphatic carbocycles. The molecule has 1 N–H and O–H groups in total. The van der Waals surface area contributed by atoms with E-state index in [1.807, 2.05) is 37.3 Å². The normalized spacial score (nSPS) is 26.0. The molecule has 1 amide bonds. The third-order valence-electron chi connectivity index (χ3n) is 2.95. The molecular formula is C12H15NO2. The van der Waals surface area contributed by atoms with Gasteiger partial charge in [0.25, 0.3) is 0 Å². The molecule has 1 aliphatic rings. The second kappa shape index (κ2) is 4.03. The summed E-state index contributed by atoms with van der Waals surface area (Å²) in [4.78, 5) is 13.3.